The van der Waals surface area contributed by atoms with E-state index in [9.17, 15) is 0 Å². The van der Waals surface area contributed by atoms with E-state index < -0.39 is 0 Å². The molecule has 3 heteroatoms. The van der Waals surface area contributed by atoms with Gasteiger partial charge in [0.05, 0.1) is 12.2 Å². The molecule has 0 N–H and O–H groups in total. The molecule has 0 fully saturated rings. The number of rotatable bonds is 4. The summed E-state index contributed by atoms with van der Waals surface area (Å²) < 4.78 is 2.00. The first kappa shape index (κ1) is 12.6. The first-order chi connectivity index (χ1) is 9.88. The van der Waals surface area contributed by atoms with Gasteiger partial charge in [0.25, 0.3) is 0 Å². The Morgan fingerprint density at radius 2 is 1.55 bits per heavy atom. The highest BCUT2D eigenvalue weighted by atomic mass is 15.4. The van der Waals surface area contributed by atoms with Crippen molar-refractivity contribution >= 4 is 0 Å². The van der Waals surface area contributed by atoms with E-state index in [0.717, 1.165) is 24.2 Å². The first-order valence-electron chi connectivity index (χ1n) is 6.90. The van der Waals surface area contributed by atoms with Crippen molar-refractivity contribution in [2.24, 2.45) is 0 Å². The zero-order chi connectivity index (χ0) is 13.8. The number of aromatic nitrogens is 3. The molecule has 0 spiro atoms. The lowest BCUT2D eigenvalue weighted by atomic mass is 10.1. The van der Waals surface area contributed by atoms with Crippen LogP contribution in [0, 0.1) is 0 Å². The zero-order valence-corrected chi connectivity index (χ0v) is 11.5. The van der Waals surface area contributed by atoms with Gasteiger partial charge in [0.1, 0.15) is 5.69 Å². The normalized spacial score (nSPS) is 10.7. The molecule has 0 bridgehead atoms. The van der Waals surface area contributed by atoms with Crippen LogP contribution >= 0.6 is 0 Å². The van der Waals surface area contributed by atoms with Crippen LogP contribution in [0.15, 0.2) is 60.7 Å². The Morgan fingerprint density at radius 1 is 0.900 bits per heavy atom. The van der Waals surface area contributed by atoms with Gasteiger partial charge in [-0.25, -0.2) is 4.68 Å². The summed E-state index contributed by atoms with van der Waals surface area (Å²) in [5.41, 5.74) is 4.54. The third-order valence-electron chi connectivity index (χ3n) is 3.39. The molecule has 100 valence electrons. The summed E-state index contributed by atoms with van der Waals surface area (Å²) in [6.07, 6.45) is 0.921. The highest BCUT2D eigenvalue weighted by Crippen LogP contribution is 2.21. The quantitative estimate of drug-likeness (QED) is 0.720. The van der Waals surface area contributed by atoms with Crippen molar-refractivity contribution in [1.29, 1.82) is 0 Å². The Balaban J connectivity index is 1.96. The summed E-state index contributed by atoms with van der Waals surface area (Å²) in [5.74, 6) is 0. The van der Waals surface area contributed by atoms with Gasteiger partial charge in [0.2, 0.25) is 0 Å². The summed E-state index contributed by atoms with van der Waals surface area (Å²) in [7, 11) is 0. The minimum Gasteiger partial charge on any atom is -0.244 e. The molecule has 1 aromatic heterocycles. The van der Waals surface area contributed by atoms with Crippen molar-refractivity contribution in [1.82, 2.24) is 15.0 Å². The van der Waals surface area contributed by atoms with Crippen LogP contribution in [-0.2, 0) is 13.0 Å². The van der Waals surface area contributed by atoms with E-state index in [-0.39, 0.29) is 0 Å². The second-order valence-electron chi connectivity index (χ2n) is 4.75. The topological polar surface area (TPSA) is 30.7 Å². The maximum atomic E-state index is 4.37. The molecule has 1 heterocycles. The predicted octanol–water partition coefficient (Wildman–Crippen LogP) is 3.56. The van der Waals surface area contributed by atoms with Gasteiger partial charge >= 0.3 is 0 Å². The molecule has 0 aliphatic rings. The van der Waals surface area contributed by atoms with E-state index in [0.29, 0.717) is 0 Å². The summed E-state index contributed by atoms with van der Waals surface area (Å²) >= 11 is 0. The summed E-state index contributed by atoms with van der Waals surface area (Å²) in [6, 6.07) is 20.6. The van der Waals surface area contributed by atoms with Crippen molar-refractivity contribution in [3.8, 4) is 11.3 Å². The molecule has 20 heavy (non-hydrogen) atoms. The lowest BCUT2D eigenvalue weighted by Crippen LogP contribution is -2.06. The van der Waals surface area contributed by atoms with Crippen molar-refractivity contribution in [3.05, 3.63) is 71.9 Å². The Hall–Kier alpha value is -2.42. The van der Waals surface area contributed by atoms with Gasteiger partial charge in [-0.3, -0.25) is 0 Å². The highest BCUT2D eigenvalue weighted by Gasteiger charge is 2.12. The third-order valence-corrected chi connectivity index (χ3v) is 3.39. The molecule has 3 nitrogen and oxygen atoms in total. The minimum absolute atomic E-state index is 0.768. The summed E-state index contributed by atoms with van der Waals surface area (Å²) in [6.45, 7) is 2.91. The van der Waals surface area contributed by atoms with Gasteiger partial charge in [0, 0.05) is 5.56 Å². The number of nitrogens with zero attached hydrogens (tertiary/aromatic N) is 3. The van der Waals surface area contributed by atoms with Crippen LogP contribution in [0.5, 0.6) is 0 Å². The maximum Gasteiger partial charge on any atom is 0.116 e. The number of benzene rings is 2. The van der Waals surface area contributed by atoms with Gasteiger partial charge in [0.15, 0.2) is 0 Å². The largest absolute Gasteiger partial charge is 0.244 e. The SMILES string of the molecule is CCc1c(-c2ccccc2)nnn1Cc1ccccc1. The Labute approximate surface area is 118 Å². The molecule has 2 aromatic carbocycles. The van der Waals surface area contributed by atoms with Crippen LogP contribution in [0.4, 0.5) is 0 Å². The molecule has 0 aliphatic heterocycles. The monoisotopic (exact) mass is 263 g/mol. The van der Waals surface area contributed by atoms with E-state index in [1.165, 1.54) is 11.3 Å². The molecule has 0 radical (unpaired) electrons. The lowest BCUT2D eigenvalue weighted by molar-refractivity contribution is 0.622. The van der Waals surface area contributed by atoms with Crippen LogP contribution in [0.3, 0.4) is 0 Å². The van der Waals surface area contributed by atoms with Crippen LogP contribution in [0.1, 0.15) is 18.2 Å². The van der Waals surface area contributed by atoms with Crippen LogP contribution in [0.2, 0.25) is 0 Å². The molecule has 0 atom stereocenters. The fourth-order valence-electron chi connectivity index (χ4n) is 2.39. The van der Waals surface area contributed by atoms with Gasteiger partial charge in [-0.1, -0.05) is 72.8 Å². The lowest BCUT2D eigenvalue weighted by Gasteiger charge is -2.06. The van der Waals surface area contributed by atoms with E-state index in [2.05, 4.69) is 53.6 Å². The number of hydrogen-bond donors (Lipinski definition) is 0. The molecule has 0 aliphatic carbocycles. The molecule has 0 saturated carbocycles. The van der Waals surface area contributed by atoms with E-state index in [1.807, 2.05) is 28.9 Å². The Bertz CT molecular complexity index is 672. The van der Waals surface area contributed by atoms with Crippen molar-refractivity contribution < 1.29 is 0 Å². The minimum atomic E-state index is 0.768. The number of hydrogen-bond acceptors (Lipinski definition) is 2. The van der Waals surface area contributed by atoms with Gasteiger partial charge in [-0.05, 0) is 12.0 Å². The van der Waals surface area contributed by atoms with Crippen LogP contribution in [0.25, 0.3) is 11.3 Å². The van der Waals surface area contributed by atoms with Crippen molar-refractivity contribution in [2.45, 2.75) is 19.9 Å². The zero-order valence-electron chi connectivity index (χ0n) is 11.5. The van der Waals surface area contributed by atoms with Gasteiger partial charge in [-0.2, -0.15) is 0 Å². The van der Waals surface area contributed by atoms with Crippen LogP contribution < -0.4 is 0 Å². The molecule has 3 aromatic rings. The van der Waals surface area contributed by atoms with Crippen LogP contribution in [-0.4, -0.2) is 15.0 Å². The molecular weight excluding hydrogens is 246 g/mol. The fourth-order valence-corrected chi connectivity index (χ4v) is 2.39. The second kappa shape index (κ2) is 5.70. The maximum absolute atomic E-state index is 4.37. The average Bonchev–Trinajstić information content (AvgIpc) is 2.92. The third kappa shape index (κ3) is 2.48. The summed E-state index contributed by atoms with van der Waals surface area (Å²) in [5, 5.41) is 8.69. The molecule has 0 amide bonds. The molecular formula is C17H17N3. The standard InChI is InChI=1S/C17H17N3/c1-2-16-17(15-11-7-4-8-12-15)18-19-20(16)13-14-9-5-3-6-10-14/h3-12H,2,13H2,1H3. The molecule has 3 rings (SSSR count). The van der Waals surface area contributed by atoms with E-state index >= 15 is 0 Å². The fraction of sp³-hybridized carbons (Fsp3) is 0.176. The predicted molar refractivity (Wildman–Crippen MR) is 80.4 cm³/mol. The Morgan fingerprint density at radius 3 is 2.20 bits per heavy atom. The molecule has 0 unspecified atom stereocenters. The smallest absolute Gasteiger partial charge is 0.116 e. The first-order valence-corrected chi connectivity index (χ1v) is 6.90. The highest BCUT2D eigenvalue weighted by molar-refractivity contribution is 5.61. The Kier molecular flexibility index (Phi) is 3.59. The van der Waals surface area contributed by atoms with E-state index in [4.69, 9.17) is 0 Å². The van der Waals surface area contributed by atoms with E-state index in [1.54, 1.807) is 0 Å². The van der Waals surface area contributed by atoms with Crippen molar-refractivity contribution in [2.75, 3.05) is 0 Å². The second-order valence-corrected chi connectivity index (χ2v) is 4.75. The van der Waals surface area contributed by atoms with Gasteiger partial charge in [-0.15, -0.1) is 5.10 Å². The molecule has 0 saturated heterocycles. The summed E-state index contributed by atoms with van der Waals surface area (Å²) in [4.78, 5) is 0. The van der Waals surface area contributed by atoms with Crippen molar-refractivity contribution in [3.63, 3.8) is 0 Å². The average molecular weight is 263 g/mol. The van der Waals surface area contributed by atoms with Gasteiger partial charge < -0.3 is 0 Å².